The van der Waals surface area contributed by atoms with Crippen molar-refractivity contribution in [2.45, 2.75) is 37.5 Å². The number of aliphatic hydroxyl groups excluding tert-OH is 1. The summed E-state index contributed by atoms with van der Waals surface area (Å²) in [5, 5.41) is 9.46. The van der Waals surface area contributed by atoms with E-state index in [2.05, 4.69) is 32.2 Å². The third-order valence-corrected chi connectivity index (χ3v) is 2.31. The molecule has 0 aromatic heterocycles. The molecule has 0 heterocycles. The number of hydrogen-bond donors (Lipinski definition) is 3. The zero-order valence-electron chi connectivity index (χ0n) is 6.32. The highest BCUT2D eigenvalue weighted by Gasteiger charge is 2.12. The Balaban J connectivity index is 3.38. The highest BCUT2D eigenvalue weighted by molar-refractivity contribution is 7.81. The van der Waals surface area contributed by atoms with Gasteiger partial charge in [-0.15, -0.1) is 0 Å². The SMILES string of the molecule is CCCC(S)C(O)CCS. The van der Waals surface area contributed by atoms with Gasteiger partial charge in [0.25, 0.3) is 0 Å². The second-order valence-corrected chi connectivity index (χ2v) is 3.55. The fourth-order valence-corrected chi connectivity index (χ4v) is 1.48. The van der Waals surface area contributed by atoms with Crippen LogP contribution in [0.4, 0.5) is 0 Å². The number of thiol groups is 2. The molecule has 0 saturated carbocycles. The third-order valence-electron chi connectivity index (χ3n) is 1.45. The van der Waals surface area contributed by atoms with Crippen molar-refractivity contribution in [1.82, 2.24) is 0 Å². The summed E-state index contributed by atoms with van der Waals surface area (Å²) < 4.78 is 0. The zero-order chi connectivity index (χ0) is 7.98. The van der Waals surface area contributed by atoms with E-state index >= 15 is 0 Å². The first-order valence-corrected chi connectivity index (χ1v) is 4.84. The van der Waals surface area contributed by atoms with Gasteiger partial charge in [0.05, 0.1) is 6.10 Å². The van der Waals surface area contributed by atoms with E-state index in [-0.39, 0.29) is 11.4 Å². The van der Waals surface area contributed by atoms with Crippen molar-refractivity contribution >= 4 is 25.3 Å². The van der Waals surface area contributed by atoms with Crippen LogP contribution in [0.5, 0.6) is 0 Å². The van der Waals surface area contributed by atoms with Crippen molar-refractivity contribution in [1.29, 1.82) is 0 Å². The first-order valence-electron chi connectivity index (χ1n) is 3.69. The molecule has 0 aliphatic heterocycles. The molecule has 1 N–H and O–H groups in total. The van der Waals surface area contributed by atoms with Gasteiger partial charge in [-0.25, -0.2) is 0 Å². The Kier molecular flexibility index (Phi) is 6.80. The van der Waals surface area contributed by atoms with Crippen molar-refractivity contribution in [3.63, 3.8) is 0 Å². The zero-order valence-corrected chi connectivity index (χ0v) is 8.11. The molecule has 0 rings (SSSR count). The van der Waals surface area contributed by atoms with Gasteiger partial charge in [0.1, 0.15) is 0 Å². The highest BCUT2D eigenvalue weighted by Crippen LogP contribution is 2.12. The lowest BCUT2D eigenvalue weighted by atomic mass is 10.1. The van der Waals surface area contributed by atoms with E-state index in [1.165, 1.54) is 0 Å². The van der Waals surface area contributed by atoms with Crippen LogP contribution in [0.15, 0.2) is 0 Å². The van der Waals surface area contributed by atoms with Crippen LogP contribution < -0.4 is 0 Å². The van der Waals surface area contributed by atoms with Gasteiger partial charge in [-0.1, -0.05) is 13.3 Å². The maximum absolute atomic E-state index is 9.32. The molecule has 0 radical (unpaired) electrons. The molecule has 2 atom stereocenters. The Hall–Kier alpha value is 0.660. The number of rotatable bonds is 5. The maximum Gasteiger partial charge on any atom is 0.0664 e. The lowest BCUT2D eigenvalue weighted by molar-refractivity contribution is 0.165. The predicted molar refractivity (Wildman–Crippen MR) is 52.2 cm³/mol. The molecule has 3 heteroatoms. The van der Waals surface area contributed by atoms with Crippen LogP contribution in [0.25, 0.3) is 0 Å². The minimum atomic E-state index is -0.277. The van der Waals surface area contributed by atoms with Crippen molar-refractivity contribution in [3.05, 3.63) is 0 Å². The fourth-order valence-electron chi connectivity index (χ4n) is 0.813. The molecule has 0 aromatic carbocycles. The molecular weight excluding hydrogens is 164 g/mol. The van der Waals surface area contributed by atoms with E-state index in [0.29, 0.717) is 0 Å². The predicted octanol–water partition coefficient (Wildman–Crippen LogP) is 1.77. The summed E-state index contributed by atoms with van der Waals surface area (Å²) in [6, 6.07) is 0. The lowest BCUT2D eigenvalue weighted by Gasteiger charge is -2.15. The molecule has 2 unspecified atom stereocenters. The minimum absolute atomic E-state index is 0.136. The topological polar surface area (TPSA) is 20.2 Å². The second kappa shape index (κ2) is 6.38. The van der Waals surface area contributed by atoms with E-state index in [9.17, 15) is 5.11 Å². The van der Waals surface area contributed by atoms with Gasteiger partial charge in [-0.2, -0.15) is 25.3 Å². The van der Waals surface area contributed by atoms with Gasteiger partial charge in [0.15, 0.2) is 0 Å². The van der Waals surface area contributed by atoms with Gasteiger partial charge >= 0.3 is 0 Å². The van der Waals surface area contributed by atoms with Crippen molar-refractivity contribution in [3.8, 4) is 0 Å². The summed E-state index contributed by atoms with van der Waals surface area (Å²) in [4.78, 5) is 0. The standard InChI is InChI=1S/C7H16OS2/c1-2-3-7(10)6(8)4-5-9/h6-10H,2-5H2,1H3. The summed E-state index contributed by atoms with van der Waals surface area (Å²) in [6.45, 7) is 2.09. The third kappa shape index (κ3) is 4.47. The molecule has 0 spiro atoms. The van der Waals surface area contributed by atoms with Crippen LogP contribution in [-0.4, -0.2) is 22.2 Å². The monoisotopic (exact) mass is 180 g/mol. The van der Waals surface area contributed by atoms with Crippen LogP contribution in [-0.2, 0) is 0 Å². The van der Waals surface area contributed by atoms with Crippen molar-refractivity contribution in [2.24, 2.45) is 0 Å². The van der Waals surface area contributed by atoms with Gasteiger partial charge < -0.3 is 5.11 Å². The van der Waals surface area contributed by atoms with Crippen LogP contribution in [0.3, 0.4) is 0 Å². The van der Waals surface area contributed by atoms with Crippen molar-refractivity contribution in [2.75, 3.05) is 5.75 Å². The molecule has 0 aromatic rings. The quantitative estimate of drug-likeness (QED) is 0.551. The van der Waals surface area contributed by atoms with Crippen LogP contribution in [0, 0.1) is 0 Å². The highest BCUT2D eigenvalue weighted by atomic mass is 32.1. The Morgan fingerprint density at radius 2 is 2.00 bits per heavy atom. The van der Waals surface area contributed by atoms with Gasteiger partial charge in [-0.3, -0.25) is 0 Å². The Bertz CT molecular complexity index is 68.0. The minimum Gasteiger partial charge on any atom is -0.392 e. The average molecular weight is 180 g/mol. The molecule has 62 valence electrons. The Morgan fingerprint density at radius 3 is 2.40 bits per heavy atom. The summed E-state index contributed by atoms with van der Waals surface area (Å²) in [5.41, 5.74) is 0. The molecule has 0 aliphatic carbocycles. The molecule has 0 aliphatic rings. The molecular formula is C7H16OS2. The van der Waals surface area contributed by atoms with Crippen LogP contribution in [0.1, 0.15) is 26.2 Å². The largest absolute Gasteiger partial charge is 0.392 e. The van der Waals surface area contributed by atoms with Crippen molar-refractivity contribution < 1.29 is 5.11 Å². The molecule has 0 amide bonds. The summed E-state index contributed by atoms with van der Waals surface area (Å²) in [6.07, 6.45) is 2.54. The van der Waals surface area contributed by atoms with E-state index in [1.807, 2.05) is 0 Å². The molecule has 1 nitrogen and oxygen atoms in total. The van der Waals surface area contributed by atoms with Gasteiger partial charge in [0.2, 0.25) is 0 Å². The van der Waals surface area contributed by atoms with Crippen LogP contribution in [0.2, 0.25) is 0 Å². The Labute approximate surface area is 74.0 Å². The Morgan fingerprint density at radius 1 is 1.40 bits per heavy atom. The smallest absolute Gasteiger partial charge is 0.0664 e. The first-order chi connectivity index (χ1) is 4.72. The molecule has 0 bridgehead atoms. The second-order valence-electron chi connectivity index (χ2n) is 2.44. The van der Waals surface area contributed by atoms with Gasteiger partial charge in [-0.05, 0) is 18.6 Å². The maximum atomic E-state index is 9.32. The van der Waals surface area contributed by atoms with Crippen LogP contribution >= 0.6 is 25.3 Å². The average Bonchev–Trinajstić information content (AvgIpc) is 1.89. The van der Waals surface area contributed by atoms with E-state index in [0.717, 1.165) is 25.0 Å². The summed E-state index contributed by atoms with van der Waals surface area (Å²) in [7, 11) is 0. The summed E-state index contributed by atoms with van der Waals surface area (Å²) >= 11 is 8.28. The first kappa shape index (κ1) is 10.7. The molecule has 0 fully saturated rings. The van der Waals surface area contributed by atoms with Gasteiger partial charge in [0, 0.05) is 5.25 Å². The molecule has 10 heavy (non-hydrogen) atoms. The molecule has 0 saturated heterocycles. The number of aliphatic hydroxyl groups is 1. The van der Waals surface area contributed by atoms with E-state index in [1.54, 1.807) is 0 Å². The fraction of sp³-hybridized carbons (Fsp3) is 1.00. The number of hydrogen-bond acceptors (Lipinski definition) is 3. The normalized spacial score (nSPS) is 16.8. The van der Waals surface area contributed by atoms with E-state index in [4.69, 9.17) is 0 Å². The summed E-state index contributed by atoms with van der Waals surface area (Å²) in [5.74, 6) is 0.738. The lowest BCUT2D eigenvalue weighted by Crippen LogP contribution is -2.20. The van der Waals surface area contributed by atoms with E-state index < -0.39 is 0 Å².